The number of benzene rings is 1. The molecule has 1 aliphatic rings. The summed E-state index contributed by atoms with van der Waals surface area (Å²) in [6.07, 6.45) is -3.07. The molecule has 0 N–H and O–H groups in total. The Hall–Kier alpha value is -1.37. The van der Waals surface area contributed by atoms with Crippen LogP contribution in [0.15, 0.2) is 24.3 Å². The molecule has 1 aromatic rings. The van der Waals surface area contributed by atoms with Gasteiger partial charge in [-0.05, 0) is 25.0 Å². The Morgan fingerprint density at radius 2 is 1.70 bits per heavy atom. The molecule has 1 aliphatic heterocycles. The maximum atomic E-state index is 12.4. The standard InChI is InChI=1S/C13H13F3O3S/c14-13(15,16)10-6-4-9(5-7-10)12(17)11-3-1-2-8-20(11,18)19/h4-7,11H,1-3,8H2. The molecule has 0 aromatic heterocycles. The van der Waals surface area contributed by atoms with Crippen LogP contribution in [0.1, 0.15) is 35.2 Å². The molecule has 110 valence electrons. The highest BCUT2D eigenvalue weighted by atomic mass is 32.2. The van der Waals surface area contributed by atoms with E-state index in [9.17, 15) is 26.4 Å². The van der Waals surface area contributed by atoms with Crippen LogP contribution in [0, 0.1) is 0 Å². The molecule has 1 heterocycles. The van der Waals surface area contributed by atoms with E-state index in [-0.39, 0.29) is 17.7 Å². The molecular formula is C13H13F3O3S. The van der Waals surface area contributed by atoms with Crippen LogP contribution in [0.25, 0.3) is 0 Å². The largest absolute Gasteiger partial charge is 0.416 e. The van der Waals surface area contributed by atoms with Crippen LogP contribution >= 0.6 is 0 Å². The quantitative estimate of drug-likeness (QED) is 0.790. The summed E-state index contributed by atoms with van der Waals surface area (Å²) in [6, 6.07) is 3.66. The molecule has 3 nitrogen and oxygen atoms in total. The van der Waals surface area contributed by atoms with Crippen LogP contribution in [0.4, 0.5) is 13.2 Å². The number of Topliss-reactive ketones (excluding diaryl/α,β-unsaturated/α-hetero) is 1. The first-order chi connectivity index (χ1) is 9.22. The van der Waals surface area contributed by atoms with Gasteiger partial charge in [-0.2, -0.15) is 13.2 Å². The predicted octanol–water partition coefficient (Wildman–Crippen LogP) is 2.86. The maximum Gasteiger partial charge on any atom is 0.416 e. The van der Waals surface area contributed by atoms with Gasteiger partial charge in [0.15, 0.2) is 15.6 Å². The first-order valence-electron chi connectivity index (χ1n) is 6.15. The molecule has 1 unspecified atom stereocenters. The highest BCUT2D eigenvalue weighted by molar-refractivity contribution is 7.92. The Balaban J connectivity index is 2.26. The van der Waals surface area contributed by atoms with Gasteiger partial charge in [-0.15, -0.1) is 0 Å². The molecule has 1 saturated heterocycles. The molecule has 0 bridgehead atoms. The summed E-state index contributed by atoms with van der Waals surface area (Å²) in [7, 11) is -3.48. The van der Waals surface area contributed by atoms with Crippen molar-refractivity contribution >= 4 is 15.6 Å². The average Bonchev–Trinajstić information content (AvgIpc) is 2.36. The van der Waals surface area contributed by atoms with Crippen LogP contribution in [0.2, 0.25) is 0 Å². The second-order valence-corrected chi connectivity index (χ2v) is 7.09. The van der Waals surface area contributed by atoms with Gasteiger partial charge >= 0.3 is 6.18 Å². The van der Waals surface area contributed by atoms with Crippen molar-refractivity contribution in [1.82, 2.24) is 0 Å². The molecule has 0 aliphatic carbocycles. The number of sulfone groups is 1. The fourth-order valence-corrected chi connectivity index (χ4v) is 4.14. The Bertz CT molecular complexity index is 603. The van der Waals surface area contributed by atoms with Crippen LogP contribution in [-0.4, -0.2) is 25.2 Å². The number of rotatable bonds is 2. The molecular weight excluding hydrogens is 293 g/mol. The van der Waals surface area contributed by atoms with E-state index in [0.717, 1.165) is 24.3 Å². The van der Waals surface area contributed by atoms with Crippen molar-refractivity contribution in [3.63, 3.8) is 0 Å². The zero-order valence-electron chi connectivity index (χ0n) is 10.5. The first-order valence-corrected chi connectivity index (χ1v) is 7.86. The van der Waals surface area contributed by atoms with E-state index >= 15 is 0 Å². The number of alkyl halides is 3. The zero-order chi connectivity index (χ0) is 15.0. The van der Waals surface area contributed by atoms with Gasteiger partial charge in [0, 0.05) is 5.56 Å². The van der Waals surface area contributed by atoms with Gasteiger partial charge < -0.3 is 0 Å². The van der Waals surface area contributed by atoms with Crippen LogP contribution in [0.3, 0.4) is 0 Å². The number of carbonyl (C=O) groups excluding carboxylic acids is 1. The first kappa shape index (κ1) is 15.0. The van der Waals surface area contributed by atoms with E-state index in [4.69, 9.17) is 0 Å². The number of carbonyl (C=O) groups is 1. The second-order valence-electron chi connectivity index (χ2n) is 4.79. The molecule has 2 rings (SSSR count). The Morgan fingerprint density at radius 3 is 2.20 bits per heavy atom. The lowest BCUT2D eigenvalue weighted by molar-refractivity contribution is -0.137. The molecule has 0 saturated carbocycles. The van der Waals surface area contributed by atoms with Crippen molar-refractivity contribution in [1.29, 1.82) is 0 Å². The van der Waals surface area contributed by atoms with Crippen LogP contribution in [-0.2, 0) is 16.0 Å². The highest BCUT2D eigenvalue weighted by Gasteiger charge is 2.36. The summed E-state index contributed by atoms with van der Waals surface area (Å²) >= 11 is 0. The summed E-state index contributed by atoms with van der Waals surface area (Å²) in [5, 5.41) is -1.12. The SMILES string of the molecule is O=C(c1ccc(C(F)(F)F)cc1)C1CCCCS1(=O)=O. The summed E-state index contributed by atoms with van der Waals surface area (Å²) in [5.41, 5.74) is -0.853. The van der Waals surface area contributed by atoms with Gasteiger partial charge in [0.2, 0.25) is 0 Å². The van der Waals surface area contributed by atoms with Crippen molar-refractivity contribution in [2.75, 3.05) is 5.75 Å². The monoisotopic (exact) mass is 306 g/mol. The maximum absolute atomic E-state index is 12.4. The normalized spacial score (nSPS) is 22.4. The second kappa shape index (κ2) is 5.20. The third-order valence-corrected chi connectivity index (χ3v) is 5.54. The van der Waals surface area contributed by atoms with Crippen molar-refractivity contribution in [2.24, 2.45) is 0 Å². The molecule has 1 aromatic carbocycles. The Kier molecular flexibility index (Phi) is 3.90. The smallest absolute Gasteiger partial charge is 0.293 e. The average molecular weight is 306 g/mol. The Labute approximate surface area is 114 Å². The third kappa shape index (κ3) is 3.03. The topological polar surface area (TPSA) is 51.2 Å². The minimum absolute atomic E-state index is 0.00785. The van der Waals surface area contributed by atoms with Gasteiger partial charge in [0.25, 0.3) is 0 Å². The van der Waals surface area contributed by atoms with Gasteiger partial charge in [-0.1, -0.05) is 18.6 Å². The zero-order valence-corrected chi connectivity index (χ0v) is 11.3. The summed E-state index contributed by atoms with van der Waals surface area (Å²) in [4.78, 5) is 12.1. The van der Waals surface area contributed by atoms with E-state index in [1.807, 2.05) is 0 Å². The van der Waals surface area contributed by atoms with E-state index in [1.165, 1.54) is 0 Å². The summed E-state index contributed by atoms with van der Waals surface area (Å²) in [6.45, 7) is 0. The number of halogens is 3. The van der Waals surface area contributed by atoms with E-state index < -0.39 is 32.6 Å². The van der Waals surface area contributed by atoms with Crippen LogP contribution in [0.5, 0.6) is 0 Å². The van der Waals surface area contributed by atoms with E-state index in [0.29, 0.717) is 12.8 Å². The summed E-state index contributed by atoms with van der Waals surface area (Å²) < 4.78 is 60.9. The van der Waals surface area contributed by atoms with Crippen molar-refractivity contribution in [3.8, 4) is 0 Å². The van der Waals surface area contributed by atoms with Gasteiger partial charge in [-0.3, -0.25) is 4.79 Å². The van der Waals surface area contributed by atoms with Crippen molar-refractivity contribution in [2.45, 2.75) is 30.7 Å². The molecule has 0 amide bonds. The van der Waals surface area contributed by atoms with Gasteiger partial charge in [-0.25, -0.2) is 8.42 Å². The number of ketones is 1. The third-order valence-electron chi connectivity index (χ3n) is 3.37. The fraction of sp³-hybridized carbons (Fsp3) is 0.462. The number of hydrogen-bond donors (Lipinski definition) is 0. The minimum atomic E-state index is -4.47. The molecule has 7 heteroatoms. The predicted molar refractivity (Wildman–Crippen MR) is 67.2 cm³/mol. The van der Waals surface area contributed by atoms with Gasteiger partial charge in [0.1, 0.15) is 5.25 Å². The number of hydrogen-bond acceptors (Lipinski definition) is 3. The lowest BCUT2D eigenvalue weighted by atomic mass is 10.0. The lowest BCUT2D eigenvalue weighted by Gasteiger charge is -2.21. The van der Waals surface area contributed by atoms with Crippen molar-refractivity contribution in [3.05, 3.63) is 35.4 Å². The van der Waals surface area contributed by atoms with E-state index in [2.05, 4.69) is 0 Å². The molecule has 0 radical (unpaired) electrons. The fourth-order valence-electron chi connectivity index (χ4n) is 2.26. The molecule has 20 heavy (non-hydrogen) atoms. The molecule has 1 fully saturated rings. The van der Waals surface area contributed by atoms with Crippen molar-refractivity contribution < 1.29 is 26.4 Å². The van der Waals surface area contributed by atoms with Gasteiger partial charge in [0.05, 0.1) is 11.3 Å². The van der Waals surface area contributed by atoms with Crippen LogP contribution < -0.4 is 0 Å². The summed E-state index contributed by atoms with van der Waals surface area (Å²) in [5.74, 6) is -0.650. The molecule has 1 atom stereocenters. The minimum Gasteiger partial charge on any atom is -0.293 e. The van der Waals surface area contributed by atoms with E-state index in [1.54, 1.807) is 0 Å². The molecule has 0 spiro atoms. The Morgan fingerprint density at radius 1 is 1.10 bits per heavy atom. The highest BCUT2D eigenvalue weighted by Crippen LogP contribution is 2.30. The lowest BCUT2D eigenvalue weighted by Crippen LogP contribution is -2.35.